The molecule has 0 fully saturated rings. The molecule has 74 valence electrons. The Bertz CT molecular complexity index is 383. The molecule has 0 amide bonds. The first-order valence-electron chi connectivity index (χ1n) is 4.31. The van der Waals surface area contributed by atoms with E-state index in [0.29, 0.717) is 5.88 Å². The van der Waals surface area contributed by atoms with Crippen LogP contribution in [-0.2, 0) is 6.42 Å². The fraction of sp³-hybridized carbons (Fsp3) is 0.333. The fourth-order valence-corrected chi connectivity index (χ4v) is 2.80. The van der Waals surface area contributed by atoms with Gasteiger partial charge in [0.1, 0.15) is 10.0 Å². The quantitative estimate of drug-likeness (QED) is 0.770. The Labute approximate surface area is 95.6 Å². The van der Waals surface area contributed by atoms with E-state index in [1.54, 1.807) is 22.7 Å². The zero-order valence-electron chi connectivity index (χ0n) is 7.44. The van der Waals surface area contributed by atoms with Crippen LogP contribution in [-0.4, -0.2) is 16.1 Å². The van der Waals surface area contributed by atoms with E-state index in [1.807, 2.05) is 0 Å². The Morgan fingerprint density at radius 1 is 1.36 bits per heavy atom. The Kier molecular flexibility index (Phi) is 3.50. The summed E-state index contributed by atoms with van der Waals surface area (Å²) in [5.41, 5.74) is 1.17. The molecule has 5 heteroatoms. The summed E-state index contributed by atoms with van der Waals surface area (Å²) in [6.07, 6.45) is 1.91. The van der Waals surface area contributed by atoms with Gasteiger partial charge in [-0.15, -0.1) is 21.8 Å². The highest BCUT2D eigenvalue weighted by Crippen LogP contribution is 2.25. The van der Waals surface area contributed by atoms with Crippen LogP contribution in [0.15, 0.2) is 16.8 Å². The SMILES string of the molecule is ClCCCc1nnc(-c2ccsc2)s1. The molecular weight excluding hydrogens is 236 g/mol. The van der Waals surface area contributed by atoms with Crippen LogP contribution >= 0.6 is 34.3 Å². The third kappa shape index (κ3) is 2.32. The number of thiophene rings is 1. The van der Waals surface area contributed by atoms with Gasteiger partial charge in [0.25, 0.3) is 0 Å². The lowest BCUT2D eigenvalue weighted by molar-refractivity contribution is 0.884. The summed E-state index contributed by atoms with van der Waals surface area (Å²) in [6.45, 7) is 0. The van der Waals surface area contributed by atoms with Crippen LogP contribution in [0.2, 0.25) is 0 Å². The average molecular weight is 245 g/mol. The predicted molar refractivity (Wildman–Crippen MR) is 62.3 cm³/mol. The number of rotatable bonds is 4. The minimum absolute atomic E-state index is 0.688. The van der Waals surface area contributed by atoms with E-state index in [4.69, 9.17) is 11.6 Å². The monoisotopic (exact) mass is 244 g/mol. The van der Waals surface area contributed by atoms with Crippen molar-refractivity contribution in [2.45, 2.75) is 12.8 Å². The molecule has 0 spiro atoms. The van der Waals surface area contributed by atoms with Crippen LogP contribution in [0.4, 0.5) is 0 Å². The zero-order valence-corrected chi connectivity index (χ0v) is 9.83. The van der Waals surface area contributed by atoms with Crippen molar-refractivity contribution in [3.63, 3.8) is 0 Å². The highest BCUT2D eigenvalue weighted by molar-refractivity contribution is 7.15. The van der Waals surface area contributed by atoms with Crippen molar-refractivity contribution < 1.29 is 0 Å². The topological polar surface area (TPSA) is 25.8 Å². The number of nitrogens with zero attached hydrogens (tertiary/aromatic N) is 2. The van der Waals surface area contributed by atoms with Crippen LogP contribution in [0.3, 0.4) is 0 Å². The molecule has 2 rings (SSSR count). The highest BCUT2D eigenvalue weighted by atomic mass is 35.5. The van der Waals surface area contributed by atoms with Crippen molar-refractivity contribution in [2.24, 2.45) is 0 Å². The molecule has 2 aromatic rings. The highest BCUT2D eigenvalue weighted by Gasteiger charge is 2.05. The Morgan fingerprint density at radius 2 is 2.29 bits per heavy atom. The van der Waals surface area contributed by atoms with E-state index in [-0.39, 0.29) is 0 Å². The second-order valence-electron chi connectivity index (χ2n) is 2.81. The fourth-order valence-electron chi connectivity index (χ4n) is 1.08. The summed E-state index contributed by atoms with van der Waals surface area (Å²) < 4.78 is 0. The minimum Gasteiger partial charge on any atom is -0.152 e. The van der Waals surface area contributed by atoms with Crippen LogP contribution < -0.4 is 0 Å². The van der Waals surface area contributed by atoms with Gasteiger partial charge in [0.2, 0.25) is 0 Å². The molecule has 0 radical (unpaired) electrons. The van der Waals surface area contributed by atoms with Crippen molar-refractivity contribution in [1.29, 1.82) is 0 Å². The van der Waals surface area contributed by atoms with E-state index >= 15 is 0 Å². The molecule has 2 heterocycles. The minimum atomic E-state index is 0.688. The van der Waals surface area contributed by atoms with Gasteiger partial charge in [0.05, 0.1) is 0 Å². The number of aryl methyl sites for hydroxylation is 1. The van der Waals surface area contributed by atoms with Gasteiger partial charge in [-0.1, -0.05) is 11.3 Å². The molecule has 0 aliphatic heterocycles. The first kappa shape index (κ1) is 10.1. The van der Waals surface area contributed by atoms with Crippen molar-refractivity contribution in [2.75, 3.05) is 5.88 Å². The Morgan fingerprint density at radius 3 is 3.00 bits per heavy atom. The van der Waals surface area contributed by atoms with Gasteiger partial charge in [-0.25, -0.2) is 0 Å². The summed E-state index contributed by atoms with van der Waals surface area (Å²) in [7, 11) is 0. The van der Waals surface area contributed by atoms with E-state index in [0.717, 1.165) is 22.9 Å². The molecule has 0 aliphatic rings. The molecule has 0 saturated carbocycles. The van der Waals surface area contributed by atoms with Crippen LogP contribution in [0.1, 0.15) is 11.4 Å². The molecular formula is C9H9ClN2S2. The molecule has 0 aliphatic carbocycles. The lowest BCUT2D eigenvalue weighted by atomic mass is 10.4. The number of halogens is 1. The average Bonchev–Trinajstić information content (AvgIpc) is 2.85. The standard InChI is InChI=1S/C9H9ClN2S2/c10-4-1-2-8-11-12-9(14-8)7-3-5-13-6-7/h3,5-6H,1-2,4H2. The molecule has 0 bridgehead atoms. The van der Waals surface area contributed by atoms with E-state index in [9.17, 15) is 0 Å². The van der Waals surface area contributed by atoms with E-state index in [2.05, 4.69) is 27.0 Å². The van der Waals surface area contributed by atoms with Gasteiger partial charge < -0.3 is 0 Å². The van der Waals surface area contributed by atoms with Gasteiger partial charge in [-0.2, -0.15) is 11.3 Å². The predicted octanol–water partition coefficient (Wildman–Crippen LogP) is 3.44. The largest absolute Gasteiger partial charge is 0.152 e. The number of aromatic nitrogens is 2. The maximum Gasteiger partial charge on any atom is 0.148 e. The maximum absolute atomic E-state index is 5.62. The molecule has 2 nitrogen and oxygen atoms in total. The normalized spacial score (nSPS) is 10.6. The summed E-state index contributed by atoms with van der Waals surface area (Å²) in [4.78, 5) is 0. The number of alkyl halides is 1. The summed E-state index contributed by atoms with van der Waals surface area (Å²) >= 11 is 8.95. The van der Waals surface area contributed by atoms with Crippen LogP contribution in [0.25, 0.3) is 10.6 Å². The molecule has 0 unspecified atom stereocenters. The zero-order chi connectivity index (χ0) is 9.80. The first-order valence-corrected chi connectivity index (χ1v) is 6.60. The third-order valence-electron chi connectivity index (χ3n) is 1.76. The van der Waals surface area contributed by atoms with Gasteiger partial charge in [0.15, 0.2) is 0 Å². The molecule has 0 aromatic carbocycles. The van der Waals surface area contributed by atoms with Crippen molar-refractivity contribution in [3.8, 4) is 10.6 Å². The summed E-state index contributed by atoms with van der Waals surface area (Å²) in [5.74, 6) is 0.688. The van der Waals surface area contributed by atoms with Crippen molar-refractivity contribution >= 4 is 34.3 Å². The molecule has 0 saturated heterocycles. The second kappa shape index (κ2) is 4.87. The first-order chi connectivity index (χ1) is 6.90. The summed E-state index contributed by atoms with van der Waals surface area (Å²) in [6, 6.07) is 2.07. The third-order valence-corrected chi connectivity index (χ3v) is 3.74. The van der Waals surface area contributed by atoms with Crippen LogP contribution in [0, 0.1) is 0 Å². The van der Waals surface area contributed by atoms with E-state index < -0.39 is 0 Å². The summed E-state index contributed by atoms with van der Waals surface area (Å²) in [5, 5.41) is 14.5. The van der Waals surface area contributed by atoms with Gasteiger partial charge in [-0.05, 0) is 17.9 Å². The lowest BCUT2D eigenvalue weighted by Gasteiger charge is -1.88. The molecule has 0 N–H and O–H groups in total. The molecule has 14 heavy (non-hydrogen) atoms. The van der Waals surface area contributed by atoms with Gasteiger partial charge in [0, 0.05) is 23.2 Å². The van der Waals surface area contributed by atoms with E-state index in [1.165, 1.54) is 5.56 Å². The molecule has 0 atom stereocenters. The second-order valence-corrected chi connectivity index (χ2v) is 5.03. The maximum atomic E-state index is 5.62. The Balaban J connectivity index is 2.10. The van der Waals surface area contributed by atoms with Gasteiger partial charge in [-0.3, -0.25) is 0 Å². The Hall–Kier alpha value is -0.450. The number of hydrogen-bond donors (Lipinski definition) is 0. The van der Waals surface area contributed by atoms with Crippen molar-refractivity contribution in [3.05, 3.63) is 21.8 Å². The van der Waals surface area contributed by atoms with Crippen molar-refractivity contribution in [1.82, 2.24) is 10.2 Å². The molecule has 2 aromatic heterocycles. The smallest absolute Gasteiger partial charge is 0.148 e. The van der Waals surface area contributed by atoms with Gasteiger partial charge >= 0.3 is 0 Å². The lowest BCUT2D eigenvalue weighted by Crippen LogP contribution is -1.84. The number of hydrogen-bond acceptors (Lipinski definition) is 4. The van der Waals surface area contributed by atoms with Crippen LogP contribution in [0.5, 0.6) is 0 Å².